The minimum Gasteiger partial charge on any atom is -0.506 e. The molecule has 0 aliphatic heterocycles. The van der Waals surface area contributed by atoms with E-state index in [4.69, 9.17) is 0 Å². The average molecular weight is 372 g/mol. The molecule has 0 saturated carbocycles. The summed E-state index contributed by atoms with van der Waals surface area (Å²) in [5.41, 5.74) is 0.609. The molecule has 0 atom stereocenters. The maximum atomic E-state index is 11.5. The van der Waals surface area contributed by atoms with Crippen molar-refractivity contribution >= 4 is 38.5 Å². The van der Waals surface area contributed by atoms with Crippen LogP contribution in [0.1, 0.15) is 5.56 Å². The molecule has 2 N–H and O–H groups in total. The molecule has 0 aromatic heterocycles. The molecule has 0 radical (unpaired) electrons. The van der Waals surface area contributed by atoms with Gasteiger partial charge in [0.25, 0.3) is 15.8 Å². The smallest absolute Gasteiger partial charge is 0.295 e. The number of phenols is 1. The number of hydrogen-bond donors (Lipinski definition) is 2. The first-order valence-corrected chi connectivity index (χ1v) is 8.72. The van der Waals surface area contributed by atoms with Crippen molar-refractivity contribution in [3.8, 4) is 5.75 Å². The second-order valence-electron chi connectivity index (χ2n) is 5.37. The molecule has 3 rings (SSSR count). The number of nitro benzene ring substituents is 1. The number of phenolic OH excluding ortho intramolecular Hbond substituents is 1. The van der Waals surface area contributed by atoms with E-state index in [1.54, 1.807) is 18.2 Å². The van der Waals surface area contributed by atoms with E-state index in [1.165, 1.54) is 36.5 Å². The van der Waals surface area contributed by atoms with Gasteiger partial charge in [0.05, 0.1) is 4.92 Å². The molecule has 0 amide bonds. The Morgan fingerprint density at radius 2 is 1.65 bits per heavy atom. The van der Waals surface area contributed by atoms with Crippen molar-refractivity contribution in [1.29, 1.82) is 0 Å². The normalized spacial score (nSPS) is 11.9. The second kappa shape index (κ2) is 6.54. The molecule has 0 heterocycles. The third kappa shape index (κ3) is 3.39. The molecule has 0 aliphatic carbocycles. The summed E-state index contributed by atoms with van der Waals surface area (Å²) in [5, 5.41) is 21.4. The third-order valence-electron chi connectivity index (χ3n) is 3.68. The molecule has 3 aromatic carbocycles. The fourth-order valence-corrected chi connectivity index (χ4v) is 3.20. The molecule has 132 valence electrons. The Bertz CT molecular complexity index is 1140. The molecule has 0 aliphatic rings. The van der Waals surface area contributed by atoms with Gasteiger partial charge in [0.2, 0.25) is 0 Å². The highest BCUT2D eigenvalue weighted by atomic mass is 32.2. The number of nitro groups is 1. The number of aliphatic imine (C=N–C) groups is 1. The molecular weight excluding hydrogens is 360 g/mol. The SMILES string of the molecule is O=[N+]([O-])c1ccc(C=Nc2c(O)cc(S(=O)(=O)O)c3ccccc23)cc1. The Hall–Kier alpha value is -3.30. The Kier molecular flexibility index (Phi) is 4.41. The lowest BCUT2D eigenvalue weighted by atomic mass is 10.1. The zero-order chi connectivity index (χ0) is 18.9. The predicted octanol–water partition coefficient (Wildman–Crippen LogP) is 3.45. The van der Waals surface area contributed by atoms with Gasteiger partial charge in [0.1, 0.15) is 16.3 Å². The van der Waals surface area contributed by atoms with E-state index < -0.39 is 25.7 Å². The highest BCUT2D eigenvalue weighted by Gasteiger charge is 2.18. The van der Waals surface area contributed by atoms with E-state index in [9.17, 15) is 28.2 Å². The first-order valence-electron chi connectivity index (χ1n) is 7.28. The minimum atomic E-state index is -4.52. The van der Waals surface area contributed by atoms with Crippen molar-refractivity contribution in [3.05, 3.63) is 70.3 Å². The van der Waals surface area contributed by atoms with Crippen LogP contribution in [0.5, 0.6) is 5.75 Å². The molecule has 26 heavy (non-hydrogen) atoms. The van der Waals surface area contributed by atoms with Gasteiger partial charge < -0.3 is 5.11 Å². The third-order valence-corrected chi connectivity index (χ3v) is 4.58. The summed E-state index contributed by atoms with van der Waals surface area (Å²) in [7, 11) is -4.52. The van der Waals surface area contributed by atoms with Crippen molar-refractivity contribution in [3.63, 3.8) is 0 Å². The van der Waals surface area contributed by atoms with Gasteiger partial charge in [-0.25, -0.2) is 0 Å². The summed E-state index contributed by atoms with van der Waals surface area (Å²) in [6.07, 6.45) is 1.39. The van der Waals surface area contributed by atoms with Gasteiger partial charge in [0, 0.05) is 35.2 Å². The van der Waals surface area contributed by atoms with Gasteiger partial charge in [-0.2, -0.15) is 8.42 Å². The zero-order valence-electron chi connectivity index (χ0n) is 13.1. The van der Waals surface area contributed by atoms with Gasteiger partial charge in [0.15, 0.2) is 0 Å². The molecule has 8 nitrogen and oxygen atoms in total. The zero-order valence-corrected chi connectivity index (χ0v) is 13.9. The Balaban J connectivity index is 2.11. The lowest BCUT2D eigenvalue weighted by molar-refractivity contribution is -0.384. The molecule has 0 bridgehead atoms. The highest BCUT2D eigenvalue weighted by molar-refractivity contribution is 7.86. The summed E-state index contributed by atoms with van der Waals surface area (Å²) in [4.78, 5) is 13.9. The maximum Gasteiger partial charge on any atom is 0.295 e. The van der Waals surface area contributed by atoms with E-state index in [2.05, 4.69) is 4.99 Å². The van der Waals surface area contributed by atoms with Crippen LogP contribution in [0.4, 0.5) is 11.4 Å². The van der Waals surface area contributed by atoms with Crippen LogP contribution in [0.25, 0.3) is 10.8 Å². The van der Waals surface area contributed by atoms with E-state index >= 15 is 0 Å². The Labute approximate surface area is 148 Å². The lowest BCUT2D eigenvalue weighted by Crippen LogP contribution is -1.99. The number of aromatic hydroxyl groups is 1. The van der Waals surface area contributed by atoms with Crippen LogP contribution < -0.4 is 0 Å². The van der Waals surface area contributed by atoms with Crippen LogP contribution in [0.15, 0.2) is 64.5 Å². The molecular formula is C17H12N2O6S. The number of benzene rings is 3. The number of nitrogens with zero attached hydrogens (tertiary/aromatic N) is 2. The average Bonchev–Trinajstić information content (AvgIpc) is 2.60. The second-order valence-corrected chi connectivity index (χ2v) is 6.76. The van der Waals surface area contributed by atoms with E-state index in [-0.39, 0.29) is 16.8 Å². The van der Waals surface area contributed by atoms with Crippen molar-refractivity contribution < 1.29 is 23.0 Å². The van der Waals surface area contributed by atoms with E-state index in [1.807, 2.05) is 0 Å². The van der Waals surface area contributed by atoms with Crippen LogP contribution >= 0.6 is 0 Å². The van der Waals surface area contributed by atoms with Crippen LogP contribution in [0.3, 0.4) is 0 Å². The number of non-ortho nitro benzene ring substituents is 1. The van der Waals surface area contributed by atoms with Crippen LogP contribution in [0.2, 0.25) is 0 Å². The largest absolute Gasteiger partial charge is 0.506 e. The summed E-state index contributed by atoms with van der Waals surface area (Å²) >= 11 is 0. The Morgan fingerprint density at radius 3 is 2.23 bits per heavy atom. The quantitative estimate of drug-likeness (QED) is 0.312. The van der Waals surface area contributed by atoms with Gasteiger partial charge in [-0.3, -0.25) is 19.7 Å². The molecule has 9 heteroatoms. The van der Waals surface area contributed by atoms with Gasteiger partial charge >= 0.3 is 0 Å². The molecule has 3 aromatic rings. The number of hydrogen-bond acceptors (Lipinski definition) is 6. The summed E-state index contributed by atoms with van der Waals surface area (Å²) in [6.45, 7) is 0. The van der Waals surface area contributed by atoms with Crippen LogP contribution in [-0.2, 0) is 10.1 Å². The van der Waals surface area contributed by atoms with Gasteiger partial charge in [-0.1, -0.05) is 24.3 Å². The summed E-state index contributed by atoms with van der Waals surface area (Å²) in [6, 6.07) is 12.8. The van der Waals surface area contributed by atoms with Crippen LogP contribution in [-0.4, -0.2) is 29.2 Å². The number of rotatable bonds is 4. The Morgan fingerprint density at radius 1 is 1.04 bits per heavy atom. The summed E-state index contributed by atoms with van der Waals surface area (Å²) < 4.78 is 32.4. The van der Waals surface area contributed by atoms with E-state index in [0.717, 1.165) is 6.07 Å². The fourth-order valence-electron chi connectivity index (χ4n) is 2.48. The van der Waals surface area contributed by atoms with Crippen molar-refractivity contribution in [1.82, 2.24) is 0 Å². The van der Waals surface area contributed by atoms with E-state index in [0.29, 0.717) is 10.9 Å². The molecule has 0 fully saturated rings. The minimum absolute atomic E-state index is 0.0621. The maximum absolute atomic E-state index is 11.5. The highest BCUT2D eigenvalue weighted by Crippen LogP contribution is 2.39. The number of fused-ring (bicyclic) bond motifs is 1. The first kappa shape index (κ1) is 17.5. The molecule has 0 unspecified atom stereocenters. The van der Waals surface area contributed by atoms with Crippen molar-refractivity contribution in [2.45, 2.75) is 4.90 Å². The predicted molar refractivity (Wildman–Crippen MR) is 95.8 cm³/mol. The first-order chi connectivity index (χ1) is 12.3. The lowest BCUT2D eigenvalue weighted by Gasteiger charge is -2.09. The van der Waals surface area contributed by atoms with Crippen molar-refractivity contribution in [2.24, 2.45) is 4.99 Å². The summed E-state index contributed by atoms with van der Waals surface area (Å²) in [5.74, 6) is -0.422. The van der Waals surface area contributed by atoms with Gasteiger partial charge in [-0.05, 0) is 17.7 Å². The van der Waals surface area contributed by atoms with Gasteiger partial charge in [-0.15, -0.1) is 0 Å². The fraction of sp³-hybridized carbons (Fsp3) is 0. The van der Waals surface area contributed by atoms with Crippen LogP contribution in [0, 0.1) is 10.1 Å². The topological polar surface area (TPSA) is 130 Å². The molecule has 0 saturated heterocycles. The standard InChI is InChI=1S/C17H12N2O6S/c20-15-9-16(26(23,24)25)13-3-1-2-4-14(13)17(15)18-10-11-5-7-12(8-6-11)19(21)22/h1-10,20H,(H,23,24,25). The van der Waals surface area contributed by atoms with Crippen molar-refractivity contribution in [2.75, 3.05) is 0 Å². The monoisotopic (exact) mass is 372 g/mol. The molecule has 0 spiro atoms.